The normalized spacial score (nSPS) is 15.4. The van der Waals surface area contributed by atoms with Crippen LogP contribution in [-0.4, -0.2) is 22.5 Å². The van der Waals surface area contributed by atoms with E-state index >= 15 is 0 Å². The third-order valence-electron chi connectivity index (χ3n) is 2.63. The van der Waals surface area contributed by atoms with Crippen molar-refractivity contribution in [1.82, 2.24) is 4.90 Å². The highest BCUT2D eigenvalue weighted by molar-refractivity contribution is 5.98. The standard InChI is InChI=1S/C13H17NO2/c1-13(2,3)8-14-7-9-6-10(15)4-5-11(9)12(14)16/h4-6,15H,7-8H2,1-3H3. The third kappa shape index (κ3) is 2.03. The Balaban J connectivity index is 2.24. The zero-order valence-corrected chi connectivity index (χ0v) is 9.95. The number of amides is 1. The smallest absolute Gasteiger partial charge is 0.254 e. The summed E-state index contributed by atoms with van der Waals surface area (Å²) in [4.78, 5) is 13.9. The summed E-state index contributed by atoms with van der Waals surface area (Å²) in [5, 5.41) is 9.37. The Labute approximate surface area is 95.7 Å². The maximum atomic E-state index is 12.0. The van der Waals surface area contributed by atoms with Crippen molar-refractivity contribution in [3.05, 3.63) is 29.3 Å². The first-order valence-corrected chi connectivity index (χ1v) is 5.48. The Morgan fingerprint density at radius 2 is 2.06 bits per heavy atom. The van der Waals surface area contributed by atoms with Crippen molar-refractivity contribution in [2.75, 3.05) is 6.54 Å². The van der Waals surface area contributed by atoms with Gasteiger partial charge in [0, 0.05) is 18.7 Å². The van der Waals surface area contributed by atoms with Crippen LogP contribution in [-0.2, 0) is 6.54 Å². The summed E-state index contributed by atoms with van der Waals surface area (Å²) in [5.41, 5.74) is 1.75. The zero-order valence-electron chi connectivity index (χ0n) is 9.95. The monoisotopic (exact) mass is 219 g/mol. The fourth-order valence-electron chi connectivity index (χ4n) is 2.07. The first-order valence-electron chi connectivity index (χ1n) is 5.48. The summed E-state index contributed by atoms with van der Waals surface area (Å²) < 4.78 is 0. The van der Waals surface area contributed by atoms with Gasteiger partial charge >= 0.3 is 0 Å². The Morgan fingerprint density at radius 1 is 1.38 bits per heavy atom. The number of phenols is 1. The van der Waals surface area contributed by atoms with E-state index in [2.05, 4.69) is 20.8 Å². The van der Waals surface area contributed by atoms with Gasteiger partial charge in [0.1, 0.15) is 5.75 Å². The molecule has 1 aliphatic rings. The molecule has 1 aromatic carbocycles. The maximum Gasteiger partial charge on any atom is 0.254 e. The van der Waals surface area contributed by atoms with Crippen molar-refractivity contribution in [2.45, 2.75) is 27.3 Å². The molecule has 3 heteroatoms. The minimum Gasteiger partial charge on any atom is -0.508 e. The molecule has 1 aromatic rings. The van der Waals surface area contributed by atoms with Crippen LogP contribution in [0.4, 0.5) is 0 Å². The molecule has 0 spiro atoms. The summed E-state index contributed by atoms with van der Waals surface area (Å²) in [7, 11) is 0. The van der Waals surface area contributed by atoms with Crippen molar-refractivity contribution in [3.8, 4) is 5.75 Å². The second-order valence-corrected chi connectivity index (χ2v) is 5.56. The van der Waals surface area contributed by atoms with E-state index in [-0.39, 0.29) is 17.1 Å². The van der Waals surface area contributed by atoms with E-state index in [1.165, 1.54) is 0 Å². The molecule has 0 aromatic heterocycles. The number of carbonyl (C=O) groups is 1. The molecule has 0 unspecified atom stereocenters. The number of benzene rings is 1. The number of hydrogen-bond donors (Lipinski definition) is 1. The number of aromatic hydroxyl groups is 1. The van der Waals surface area contributed by atoms with E-state index in [9.17, 15) is 9.90 Å². The van der Waals surface area contributed by atoms with Crippen LogP contribution in [0.5, 0.6) is 5.75 Å². The molecule has 0 saturated heterocycles. The van der Waals surface area contributed by atoms with Gasteiger partial charge in [-0.1, -0.05) is 20.8 Å². The summed E-state index contributed by atoms with van der Waals surface area (Å²) in [5.74, 6) is 0.300. The van der Waals surface area contributed by atoms with Crippen LogP contribution in [0.1, 0.15) is 36.7 Å². The predicted molar refractivity (Wildman–Crippen MR) is 62.3 cm³/mol. The molecule has 1 amide bonds. The lowest BCUT2D eigenvalue weighted by molar-refractivity contribution is 0.0720. The van der Waals surface area contributed by atoms with Crippen LogP contribution in [0.15, 0.2) is 18.2 Å². The van der Waals surface area contributed by atoms with Gasteiger partial charge in [0.05, 0.1) is 0 Å². The minimum atomic E-state index is 0.0740. The first-order chi connectivity index (χ1) is 7.37. The van der Waals surface area contributed by atoms with Crippen molar-refractivity contribution in [2.24, 2.45) is 5.41 Å². The molecule has 1 N–H and O–H groups in total. The van der Waals surface area contributed by atoms with E-state index in [0.29, 0.717) is 6.54 Å². The first kappa shape index (κ1) is 11.0. The molecule has 0 saturated carbocycles. The number of phenolic OH excluding ortho intramolecular Hbond substituents is 1. The molecule has 0 bridgehead atoms. The number of carbonyl (C=O) groups excluding carboxylic acids is 1. The van der Waals surface area contributed by atoms with Gasteiger partial charge in [-0.25, -0.2) is 0 Å². The van der Waals surface area contributed by atoms with Crippen LogP contribution in [0, 0.1) is 5.41 Å². The Kier molecular flexibility index (Phi) is 2.41. The van der Waals surface area contributed by atoms with E-state index in [1.54, 1.807) is 18.2 Å². The zero-order chi connectivity index (χ0) is 11.9. The lowest BCUT2D eigenvalue weighted by Gasteiger charge is -2.26. The van der Waals surface area contributed by atoms with E-state index in [4.69, 9.17) is 0 Å². The van der Waals surface area contributed by atoms with Crippen LogP contribution in [0.2, 0.25) is 0 Å². The molecule has 0 fully saturated rings. The highest BCUT2D eigenvalue weighted by Gasteiger charge is 2.30. The quantitative estimate of drug-likeness (QED) is 0.787. The van der Waals surface area contributed by atoms with Gasteiger partial charge in [0.2, 0.25) is 0 Å². The molecule has 1 heterocycles. The summed E-state index contributed by atoms with van der Waals surface area (Å²) in [6, 6.07) is 4.95. The average molecular weight is 219 g/mol. The van der Waals surface area contributed by atoms with Crippen molar-refractivity contribution < 1.29 is 9.90 Å². The topological polar surface area (TPSA) is 40.5 Å². The SMILES string of the molecule is CC(C)(C)CN1Cc2cc(O)ccc2C1=O. The number of hydrogen-bond acceptors (Lipinski definition) is 2. The van der Waals surface area contributed by atoms with Crippen molar-refractivity contribution in [1.29, 1.82) is 0 Å². The maximum absolute atomic E-state index is 12.0. The fraction of sp³-hybridized carbons (Fsp3) is 0.462. The van der Waals surface area contributed by atoms with Crippen molar-refractivity contribution in [3.63, 3.8) is 0 Å². The number of rotatable bonds is 1. The van der Waals surface area contributed by atoms with Crippen LogP contribution in [0.3, 0.4) is 0 Å². The highest BCUT2D eigenvalue weighted by atomic mass is 16.3. The highest BCUT2D eigenvalue weighted by Crippen LogP contribution is 2.28. The third-order valence-corrected chi connectivity index (χ3v) is 2.63. The largest absolute Gasteiger partial charge is 0.508 e. The lowest BCUT2D eigenvalue weighted by Crippen LogP contribution is -2.32. The summed E-state index contributed by atoms with van der Waals surface area (Å²) in [6.07, 6.45) is 0. The van der Waals surface area contributed by atoms with Gasteiger partial charge in [0.15, 0.2) is 0 Å². The predicted octanol–water partition coefficient (Wildman–Crippen LogP) is 2.39. The molecular weight excluding hydrogens is 202 g/mol. The van der Waals surface area contributed by atoms with E-state index in [1.807, 2.05) is 4.90 Å². The summed E-state index contributed by atoms with van der Waals surface area (Å²) in [6.45, 7) is 7.68. The molecule has 1 aliphatic heterocycles. The van der Waals surface area contributed by atoms with Gasteiger partial charge < -0.3 is 10.0 Å². The Bertz CT molecular complexity index is 432. The minimum absolute atomic E-state index is 0.0740. The number of nitrogens with zero attached hydrogens (tertiary/aromatic N) is 1. The molecular formula is C13H17NO2. The van der Waals surface area contributed by atoms with E-state index in [0.717, 1.165) is 17.7 Å². The van der Waals surface area contributed by atoms with Gasteiger partial charge in [-0.3, -0.25) is 4.79 Å². The van der Waals surface area contributed by atoms with Crippen LogP contribution in [0.25, 0.3) is 0 Å². The molecule has 0 aliphatic carbocycles. The Hall–Kier alpha value is -1.51. The molecule has 3 nitrogen and oxygen atoms in total. The van der Waals surface area contributed by atoms with Crippen molar-refractivity contribution >= 4 is 5.91 Å². The number of fused-ring (bicyclic) bond motifs is 1. The Morgan fingerprint density at radius 3 is 2.69 bits per heavy atom. The molecule has 0 radical (unpaired) electrons. The second-order valence-electron chi connectivity index (χ2n) is 5.56. The van der Waals surface area contributed by atoms with Crippen LogP contribution >= 0.6 is 0 Å². The summed E-state index contributed by atoms with van der Waals surface area (Å²) >= 11 is 0. The van der Waals surface area contributed by atoms with Gasteiger partial charge in [-0.15, -0.1) is 0 Å². The molecule has 2 rings (SSSR count). The molecule has 16 heavy (non-hydrogen) atoms. The van der Waals surface area contributed by atoms with Gasteiger partial charge in [-0.2, -0.15) is 0 Å². The van der Waals surface area contributed by atoms with E-state index < -0.39 is 0 Å². The van der Waals surface area contributed by atoms with Gasteiger partial charge in [0.25, 0.3) is 5.91 Å². The average Bonchev–Trinajstić information content (AvgIpc) is 2.40. The van der Waals surface area contributed by atoms with Gasteiger partial charge in [-0.05, 0) is 29.2 Å². The molecule has 86 valence electrons. The van der Waals surface area contributed by atoms with Crippen LogP contribution < -0.4 is 0 Å². The lowest BCUT2D eigenvalue weighted by atomic mass is 9.96. The fourth-order valence-corrected chi connectivity index (χ4v) is 2.07. The molecule has 0 atom stereocenters. The second kappa shape index (κ2) is 3.51.